The molecule has 1 aliphatic rings. The lowest BCUT2D eigenvalue weighted by molar-refractivity contribution is -0.131. The zero-order chi connectivity index (χ0) is 10.3. The van der Waals surface area contributed by atoms with Crippen molar-refractivity contribution in [3.05, 3.63) is 0 Å². The molecule has 76 valence electrons. The first-order valence-corrected chi connectivity index (χ1v) is 4.84. The summed E-state index contributed by atoms with van der Waals surface area (Å²) in [6, 6.07) is 0. The SMILES string of the molecule is CC1(F)CCN(C(=O)C(C)(Cl)Cl)C1. The van der Waals surface area contributed by atoms with Crippen molar-refractivity contribution in [2.24, 2.45) is 0 Å². The second kappa shape index (κ2) is 3.28. The van der Waals surface area contributed by atoms with E-state index in [2.05, 4.69) is 0 Å². The van der Waals surface area contributed by atoms with E-state index in [1.165, 1.54) is 18.7 Å². The third-order valence-corrected chi connectivity index (χ3v) is 2.41. The van der Waals surface area contributed by atoms with Crippen molar-refractivity contribution < 1.29 is 9.18 Å². The molecule has 0 aromatic carbocycles. The van der Waals surface area contributed by atoms with E-state index in [0.29, 0.717) is 13.0 Å². The van der Waals surface area contributed by atoms with Crippen molar-refractivity contribution in [2.45, 2.75) is 30.3 Å². The normalized spacial score (nSPS) is 29.5. The van der Waals surface area contributed by atoms with Gasteiger partial charge in [0.05, 0.1) is 6.54 Å². The Morgan fingerprint density at radius 1 is 1.62 bits per heavy atom. The molecule has 0 bridgehead atoms. The van der Waals surface area contributed by atoms with E-state index in [9.17, 15) is 9.18 Å². The van der Waals surface area contributed by atoms with E-state index in [1.54, 1.807) is 0 Å². The molecule has 0 N–H and O–H groups in total. The number of alkyl halides is 3. The largest absolute Gasteiger partial charge is 0.337 e. The van der Waals surface area contributed by atoms with Crippen LogP contribution < -0.4 is 0 Å². The second-order valence-electron chi connectivity index (χ2n) is 3.78. The van der Waals surface area contributed by atoms with E-state index in [4.69, 9.17) is 23.2 Å². The van der Waals surface area contributed by atoms with E-state index in [0.717, 1.165) is 0 Å². The standard InChI is InChI=1S/C8H12Cl2FNO/c1-7(11)3-4-12(5-7)6(13)8(2,9)10/h3-5H2,1-2H3. The number of hydrogen-bond acceptors (Lipinski definition) is 1. The van der Waals surface area contributed by atoms with Crippen LogP contribution in [0.2, 0.25) is 0 Å². The molecular formula is C8H12Cl2FNO. The van der Waals surface area contributed by atoms with E-state index >= 15 is 0 Å². The highest BCUT2D eigenvalue weighted by molar-refractivity contribution is 6.57. The first kappa shape index (κ1) is 11.1. The van der Waals surface area contributed by atoms with Crippen LogP contribution in [0.25, 0.3) is 0 Å². The van der Waals surface area contributed by atoms with Crippen LogP contribution in [0.5, 0.6) is 0 Å². The predicted molar refractivity (Wildman–Crippen MR) is 50.8 cm³/mol. The maximum atomic E-state index is 13.3. The molecule has 1 unspecified atom stereocenters. The van der Waals surface area contributed by atoms with Crippen LogP contribution in [0.1, 0.15) is 20.3 Å². The Labute approximate surface area is 87.0 Å². The van der Waals surface area contributed by atoms with E-state index in [-0.39, 0.29) is 6.54 Å². The number of nitrogens with zero attached hydrogens (tertiary/aromatic N) is 1. The fourth-order valence-corrected chi connectivity index (χ4v) is 1.61. The fourth-order valence-electron chi connectivity index (χ4n) is 1.38. The molecule has 1 fully saturated rings. The van der Waals surface area contributed by atoms with Gasteiger partial charge in [-0.05, 0) is 13.8 Å². The Balaban J connectivity index is 2.62. The van der Waals surface area contributed by atoms with Gasteiger partial charge in [0.25, 0.3) is 5.91 Å². The van der Waals surface area contributed by atoms with Gasteiger partial charge in [-0.1, -0.05) is 23.2 Å². The minimum Gasteiger partial charge on any atom is -0.337 e. The summed E-state index contributed by atoms with van der Waals surface area (Å²) in [5.41, 5.74) is -1.30. The van der Waals surface area contributed by atoms with Crippen molar-refractivity contribution in [1.82, 2.24) is 4.90 Å². The molecule has 0 aromatic heterocycles. The molecule has 1 heterocycles. The molecule has 13 heavy (non-hydrogen) atoms. The van der Waals surface area contributed by atoms with Crippen molar-refractivity contribution in [1.29, 1.82) is 0 Å². The molecule has 1 aliphatic heterocycles. The zero-order valence-electron chi connectivity index (χ0n) is 7.61. The van der Waals surface area contributed by atoms with Gasteiger partial charge in [0, 0.05) is 13.0 Å². The number of carbonyl (C=O) groups is 1. The predicted octanol–water partition coefficient (Wildman–Crippen LogP) is 2.14. The van der Waals surface area contributed by atoms with E-state index < -0.39 is 15.9 Å². The number of halogens is 3. The molecule has 0 saturated carbocycles. The summed E-state index contributed by atoms with van der Waals surface area (Å²) < 4.78 is 11.9. The minimum atomic E-state index is -1.44. The number of rotatable bonds is 1. The highest BCUT2D eigenvalue weighted by Gasteiger charge is 2.41. The summed E-state index contributed by atoms with van der Waals surface area (Å²) in [5, 5.41) is 0. The Morgan fingerprint density at radius 3 is 2.46 bits per heavy atom. The molecular weight excluding hydrogens is 216 g/mol. The van der Waals surface area contributed by atoms with Crippen LogP contribution >= 0.6 is 23.2 Å². The maximum absolute atomic E-state index is 13.3. The molecule has 5 heteroatoms. The number of amides is 1. The lowest BCUT2D eigenvalue weighted by atomic mass is 10.1. The molecule has 0 aromatic rings. The summed E-state index contributed by atoms with van der Waals surface area (Å²) in [5.74, 6) is -0.419. The van der Waals surface area contributed by atoms with Crippen LogP contribution in [-0.4, -0.2) is 33.9 Å². The lowest BCUT2D eigenvalue weighted by Gasteiger charge is -2.22. The van der Waals surface area contributed by atoms with Crippen LogP contribution in [0, 0.1) is 0 Å². The van der Waals surface area contributed by atoms with Gasteiger partial charge in [0.15, 0.2) is 4.33 Å². The first-order chi connectivity index (χ1) is 5.72. The quantitative estimate of drug-likeness (QED) is 0.629. The van der Waals surface area contributed by atoms with Crippen LogP contribution in [0.3, 0.4) is 0 Å². The van der Waals surface area contributed by atoms with Gasteiger partial charge >= 0.3 is 0 Å². The molecule has 2 nitrogen and oxygen atoms in total. The number of hydrogen-bond donors (Lipinski definition) is 0. The van der Waals surface area contributed by atoms with E-state index in [1.807, 2.05) is 0 Å². The van der Waals surface area contributed by atoms with Crippen LogP contribution in [0.4, 0.5) is 4.39 Å². The maximum Gasteiger partial charge on any atom is 0.258 e. The van der Waals surface area contributed by atoms with Gasteiger partial charge in [0.2, 0.25) is 0 Å². The molecule has 1 amide bonds. The van der Waals surface area contributed by atoms with Gasteiger partial charge in [-0.2, -0.15) is 0 Å². The average molecular weight is 228 g/mol. The topological polar surface area (TPSA) is 20.3 Å². The van der Waals surface area contributed by atoms with Crippen molar-refractivity contribution >= 4 is 29.1 Å². The summed E-state index contributed by atoms with van der Waals surface area (Å²) >= 11 is 11.2. The third-order valence-electron chi connectivity index (χ3n) is 2.09. The number of carbonyl (C=O) groups excluding carboxylic acids is 1. The summed E-state index contributed by atoms with van der Waals surface area (Å²) in [6.07, 6.45) is 0.350. The van der Waals surface area contributed by atoms with Gasteiger partial charge < -0.3 is 4.90 Å². The monoisotopic (exact) mass is 227 g/mol. The second-order valence-corrected chi connectivity index (χ2v) is 5.48. The molecule has 0 aliphatic carbocycles. The molecule has 0 spiro atoms. The highest BCUT2D eigenvalue weighted by Crippen LogP contribution is 2.30. The fraction of sp³-hybridized carbons (Fsp3) is 0.875. The highest BCUT2D eigenvalue weighted by atomic mass is 35.5. The summed E-state index contributed by atoms with van der Waals surface area (Å²) in [7, 11) is 0. The van der Waals surface area contributed by atoms with Crippen molar-refractivity contribution in [3.63, 3.8) is 0 Å². The Morgan fingerprint density at radius 2 is 2.15 bits per heavy atom. The van der Waals surface area contributed by atoms with Crippen LogP contribution in [0.15, 0.2) is 0 Å². The summed E-state index contributed by atoms with van der Waals surface area (Å²) in [4.78, 5) is 12.8. The zero-order valence-corrected chi connectivity index (χ0v) is 9.12. The first-order valence-electron chi connectivity index (χ1n) is 4.08. The molecule has 1 atom stereocenters. The lowest BCUT2D eigenvalue weighted by Crippen LogP contribution is -2.40. The third kappa shape index (κ3) is 2.71. The van der Waals surface area contributed by atoms with Gasteiger partial charge in [-0.25, -0.2) is 4.39 Å². The summed E-state index contributed by atoms with van der Waals surface area (Å²) in [6.45, 7) is 3.34. The average Bonchev–Trinajstić information content (AvgIpc) is 2.26. The van der Waals surface area contributed by atoms with Crippen molar-refractivity contribution in [3.8, 4) is 0 Å². The molecule has 1 rings (SSSR count). The Kier molecular flexibility index (Phi) is 2.79. The van der Waals surface area contributed by atoms with Gasteiger partial charge in [-0.3, -0.25) is 4.79 Å². The Hall–Kier alpha value is -0.0200. The van der Waals surface area contributed by atoms with Crippen LogP contribution in [-0.2, 0) is 4.79 Å². The van der Waals surface area contributed by atoms with Gasteiger partial charge in [0.1, 0.15) is 5.67 Å². The number of likely N-dealkylation sites (tertiary alicyclic amines) is 1. The Bertz CT molecular complexity index is 225. The molecule has 0 radical (unpaired) electrons. The van der Waals surface area contributed by atoms with Gasteiger partial charge in [-0.15, -0.1) is 0 Å². The molecule has 1 saturated heterocycles. The minimum absolute atomic E-state index is 0.0842. The smallest absolute Gasteiger partial charge is 0.258 e. The van der Waals surface area contributed by atoms with Crippen molar-refractivity contribution in [2.75, 3.05) is 13.1 Å².